The van der Waals surface area contributed by atoms with Gasteiger partial charge in [-0.05, 0) is 72.9 Å². The summed E-state index contributed by atoms with van der Waals surface area (Å²) in [6, 6.07) is 8.38. The lowest BCUT2D eigenvalue weighted by Crippen LogP contribution is -2.53. The summed E-state index contributed by atoms with van der Waals surface area (Å²) in [4.78, 5) is 27.7. The van der Waals surface area contributed by atoms with Crippen LogP contribution in [0.3, 0.4) is 0 Å². The maximum atomic E-state index is 13.3. The van der Waals surface area contributed by atoms with Crippen molar-refractivity contribution in [2.75, 3.05) is 18.9 Å². The number of alkyl halides is 3. The van der Waals surface area contributed by atoms with Crippen LogP contribution in [-0.4, -0.2) is 47.3 Å². The summed E-state index contributed by atoms with van der Waals surface area (Å²) >= 11 is 0. The van der Waals surface area contributed by atoms with Gasteiger partial charge in [-0.2, -0.15) is 13.2 Å². The van der Waals surface area contributed by atoms with E-state index in [4.69, 9.17) is 10.8 Å². The number of hydrogen-bond donors (Lipinski definition) is 4. The number of anilines is 1. The molecule has 1 amide bonds. The second-order valence-corrected chi connectivity index (χ2v) is 11.5. The van der Waals surface area contributed by atoms with Gasteiger partial charge in [0.05, 0.1) is 11.8 Å². The van der Waals surface area contributed by atoms with Gasteiger partial charge in [-0.25, -0.2) is 0 Å². The summed E-state index contributed by atoms with van der Waals surface area (Å²) < 4.78 is 40.2. The van der Waals surface area contributed by atoms with Crippen LogP contribution in [0.1, 0.15) is 67.4 Å². The molecule has 0 saturated heterocycles. The third-order valence-electron chi connectivity index (χ3n) is 8.24. The van der Waals surface area contributed by atoms with Crippen LogP contribution in [-0.2, 0) is 18.5 Å². The molecule has 1 spiro atoms. The maximum absolute atomic E-state index is 13.3. The summed E-state index contributed by atoms with van der Waals surface area (Å²) in [6.45, 7) is 3.46. The minimum atomic E-state index is -4.63. The smallest absolute Gasteiger partial charge is 0.324 e. The number of benzene rings is 1. The number of halogens is 3. The highest BCUT2D eigenvalue weighted by molar-refractivity contribution is 6.04. The Morgan fingerprint density at radius 1 is 1.25 bits per heavy atom. The number of amides is 1. The van der Waals surface area contributed by atoms with E-state index in [9.17, 15) is 22.8 Å². The highest BCUT2D eigenvalue weighted by Gasteiger charge is 2.63. The number of nitrogens with zero attached hydrogens (tertiary/aromatic N) is 2. The van der Waals surface area contributed by atoms with E-state index in [1.54, 1.807) is 25.2 Å². The van der Waals surface area contributed by atoms with Crippen LogP contribution < -0.4 is 16.2 Å². The van der Waals surface area contributed by atoms with Crippen molar-refractivity contribution in [3.05, 3.63) is 63.6 Å². The Morgan fingerprint density at radius 2 is 1.95 bits per heavy atom. The lowest BCUT2D eigenvalue weighted by Gasteiger charge is -2.50. The fourth-order valence-corrected chi connectivity index (χ4v) is 5.64. The lowest BCUT2D eigenvalue weighted by molar-refractivity contribution is -0.141. The molecule has 2 fully saturated rings. The van der Waals surface area contributed by atoms with E-state index in [1.807, 2.05) is 19.9 Å². The normalized spacial score (nSPS) is 17.6. The molecule has 4 N–H and O–H groups in total. The van der Waals surface area contributed by atoms with Crippen LogP contribution in [0.25, 0.3) is 0 Å². The molecular formula is C29H37F3N6O2. The summed E-state index contributed by atoms with van der Waals surface area (Å²) in [7, 11) is 1.66. The minimum Gasteiger partial charge on any atom is -0.324 e. The van der Waals surface area contributed by atoms with E-state index in [2.05, 4.69) is 10.6 Å². The maximum Gasteiger partial charge on any atom is 0.406 e. The SMILES string of the molecule is CCC(C)CNCc1cc(C(=O)Nc2cccc(C3(C(=N)N(C)C=N)CC4(CC4)C3)c2)c(=O)n(CC(F)(F)F)c1. The first-order chi connectivity index (χ1) is 18.8. The lowest BCUT2D eigenvalue weighted by atomic mass is 9.55. The van der Waals surface area contributed by atoms with Gasteiger partial charge in [0.15, 0.2) is 0 Å². The van der Waals surface area contributed by atoms with Crippen LogP contribution in [0.5, 0.6) is 0 Å². The van der Waals surface area contributed by atoms with Gasteiger partial charge in [-0.15, -0.1) is 0 Å². The molecular weight excluding hydrogens is 521 g/mol. The summed E-state index contributed by atoms with van der Waals surface area (Å²) in [6.07, 6.45) is 2.34. The Morgan fingerprint density at radius 3 is 2.55 bits per heavy atom. The predicted octanol–water partition coefficient (Wildman–Crippen LogP) is 5.13. The van der Waals surface area contributed by atoms with E-state index in [1.165, 1.54) is 11.0 Å². The molecule has 2 aliphatic carbocycles. The molecule has 1 aromatic heterocycles. The fraction of sp³-hybridized carbons (Fsp3) is 0.517. The van der Waals surface area contributed by atoms with Gasteiger partial charge in [-0.3, -0.25) is 20.4 Å². The molecule has 2 aliphatic rings. The van der Waals surface area contributed by atoms with E-state index in [-0.39, 0.29) is 17.5 Å². The Bertz CT molecular complexity index is 1340. The molecule has 4 rings (SSSR count). The van der Waals surface area contributed by atoms with Crippen molar-refractivity contribution in [2.24, 2.45) is 11.3 Å². The van der Waals surface area contributed by atoms with E-state index in [0.717, 1.165) is 50.2 Å². The first-order valence-electron chi connectivity index (χ1n) is 13.6. The van der Waals surface area contributed by atoms with E-state index in [0.29, 0.717) is 34.1 Å². The Labute approximate surface area is 232 Å². The standard InChI is InChI=1S/C29H37F3N6O2/c1-4-19(2)12-35-13-20-10-23(25(40)38(14-20)17-29(30,31)32)24(39)36-22-7-5-6-21(11-22)28(26(34)37(3)18-33)15-27(16-28)8-9-27/h5-7,10-11,14,18-19,33-35H,4,8-9,12-13,15-17H2,1-3H3,(H,36,39). The van der Waals surface area contributed by atoms with Crippen molar-refractivity contribution >= 4 is 23.8 Å². The molecule has 2 saturated carbocycles. The van der Waals surface area contributed by atoms with Gasteiger partial charge in [0, 0.05) is 25.5 Å². The van der Waals surface area contributed by atoms with Crippen LogP contribution in [0.2, 0.25) is 0 Å². The number of likely N-dealkylation sites (N-methyl/N-ethyl adjacent to an activating group) is 1. The van der Waals surface area contributed by atoms with Crippen molar-refractivity contribution < 1.29 is 18.0 Å². The van der Waals surface area contributed by atoms with E-state index < -0.39 is 29.6 Å². The molecule has 1 aromatic carbocycles. The van der Waals surface area contributed by atoms with Gasteiger partial charge < -0.3 is 20.1 Å². The molecule has 40 heavy (non-hydrogen) atoms. The number of nitrogens with one attached hydrogen (secondary N) is 4. The average Bonchev–Trinajstić information content (AvgIpc) is 3.68. The highest BCUT2D eigenvalue weighted by atomic mass is 19.4. The zero-order chi connectivity index (χ0) is 29.3. The molecule has 0 aliphatic heterocycles. The van der Waals surface area contributed by atoms with Crippen molar-refractivity contribution in [3.63, 3.8) is 0 Å². The third kappa shape index (κ3) is 6.29. The molecule has 11 heteroatoms. The molecule has 1 atom stereocenters. The van der Waals surface area contributed by atoms with Crippen LogP contribution in [0.15, 0.2) is 41.3 Å². The second-order valence-electron chi connectivity index (χ2n) is 11.5. The number of carbonyl (C=O) groups excluding carboxylic acids is 1. The van der Waals surface area contributed by atoms with E-state index >= 15 is 0 Å². The quantitative estimate of drug-likeness (QED) is 0.226. The molecule has 1 unspecified atom stereocenters. The summed E-state index contributed by atoms with van der Waals surface area (Å²) in [5.74, 6) is -0.129. The fourth-order valence-electron chi connectivity index (χ4n) is 5.64. The zero-order valence-electron chi connectivity index (χ0n) is 23.1. The monoisotopic (exact) mass is 558 g/mol. The van der Waals surface area contributed by atoms with Crippen molar-refractivity contribution in [1.82, 2.24) is 14.8 Å². The average molecular weight is 559 g/mol. The summed E-state index contributed by atoms with van der Waals surface area (Å²) in [5.41, 5.74) is -0.144. The largest absolute Gasteiger partial charge is 0.406 e. The molecule has 0 bridgehead atoms. The molecule has 1 heterocycles. The number of rotatable bonds is 11. The van der Waals surface area contributed by atoms with Crippen molar-refractivity contribution in [1.29, 1.82) is 10.8 Å². The van der Waals surface area contributed by atoms with Gasteiger partial charge in [0.1, 0.15) is 17.9 Å². The first-order valence-corrected chi connectivity index (χ1v) is 13.6. The van der Waals surface area contributed by atoms with Gasteiger partial charge >= 0.3 is 6.18 Å². The summed E-state index contributed by atoms with van der Waals surface area (Å²) in [5, 5.41) is 22.3. The Balaban J connectivity index is 1.60. The third-order valence-corrected chi connectivity index (χ3v) is 8.24. The zero-order valence-corrected chi connectivity index (χ0v) is 23.1. The van der Waals surface area contributed by atoms with Crippen LogP contribution in [0, 0.1) is 22.2 Å². The molecule has 8 nitrogen and oxygen atoms in total. The highest BCUT2D eigenvalue weighted by Crippen LogP contribution is 2.69. The molecule has 216 valence electrons. The number of aromatic nitrogens is 1. The molecule has 0 radical (unpaired) electrons. The number of carbonyl (C=O) groups is 1. The van der Waals surface area contributed by atoms with Crippen molar-refractivity contribution in [3.8, 4) is 0 Å². The first kappa shape index (κ1) is 29.5. The number of amidine groups is 1. The minimum absolute atomic E-state index is 0.213. The van der Waals surface area contributed by atoms with Gasteiger partial charge in [0.25, 0.3) is 11.5 Å². The topological polar surface area (TPSA) is 114 Å². The Kier molecular flexibility index (Phi) is 8.26. The van der Waals surface area contributed by atoms with Crippen LogP contribution >= 0.6 is 0 Å². The number of pyridine rings is 1. The number of hydrogen-bond acceptors (Lipinski definition) is 5. The van der Waals surface area contributed by atoms with Gasteiger partial charge in [-0.1, -0.05) is 32.4 Å². The molecule has 2 aromatic rings. The predicted molar refractivity (Wildman–Crippen MR) is 149 cm³/mol. The second kappa shape index (κ2) is 11.2. The Hall–Kier alpha value is -3.47. The van der Waals surface area contributed by atoms with Gasteiger partial charge in [0.2, 0.25) is 0 Å². The van der Waals surface area contributed by atoms with Crippen molar-refractivity contribution in [2.45, 2.75) is 70.6 Å². The van der Waals surface area contributed by atoms with Crippen LogP contribution in [0.4, 0.5) is 18.9 Å².